The summed E-state index contributed by atoms with van der Waals surface area (Å²) >= 11 is 0. The third kappa shape index (κ3) is 3.05. The molecule has 0 spiro atoms. The molecule has 2 N–H and O–H groups in total. The van der Waals surface area contributed by atoms with Gasteiger partial charge in [0.15, 0.2) is 0 Å². The lowest BCUT2D eigenvalue weighted by Crippen LogP contribution is -2.14. The highest BCUT2D eigenvalue weighted by molar-refractivity contribution is 5.73. The van der Waals surface area contributed by atoms with Crippen LogP contribution in [0.4, 0.5) is 4.39 Å². The molecular weight excluding hydrogens is 185 g/mol. The second-order valence-corrected chi connectivity index (χ2v) is 2.98. The molecule has 4 heteroatoms. The van der Waals surface area contributed by atoms with Crippen LogP contribution in [0.5, 0.6) is 5.75 Å². The maximum absolute atomic E-state index is 13.0. The van der Waals surface area contributed by atoms with E-state index >= 15 is 0 Å². The first kappa shape index (κ1) is 10.5. The number of nitrogens with two attached hydrogens (primary N) is 1. The van der Waals surface area contributed by atoms with Crippen LogP contribution in [0.25, 0.3) is 0 Å². The standard InChI is InChI=1S/C10H12FNO2/c1-7-2-3-8(6-9(7)11)14-5-4-10(12)13/h2-3,6H,4-5H2,1H3,(H2,12,13). The van der Waals surface area contributed by atoms with E-state index in [2.05, 4.69) is 0 Å². The van der Waals surface area contributed by atoms with Crippen molar-refractivity contribution >= 4 is 5.91 Å². The molecule has 1 rings (SSSR count). The number of carbonyl (C=O) groups excluding carboxylic acids is 1. The van der Waals surface area contributed by atoms with Gasteiger partial charge in [-0.25, -0.2) is 4.39 Å². The fraction of sp³-hybridized carbons (Fsp3) is 0.300. The summed E-state index contributed by atoms with van der Waals surface area (Å²) in [5, 5.41) is 0. The molecule has 0 unspecified atom stereocenters. The highest BCUT2D eigenvalue weighted by atomic mass is 19.1. The van der Waals surface area contributed by atoms with Gasteiger partial charge >= 0.3 is 0 Å². The number of halogens is 1. The summed E-state index contributed by atoms with van der Waals surface area (Å²) < 4.78 is 18.1. The van der Waals surface area contributed by atoms with E-state index in [-0.39, 0.29) is 18.8 Å². The maximum atomic E-state index is 13.0. The minimum absolute atomic E-state index is 0.134. The molecule has 0 atom stereocenters. The molecule has 1 amide bonds. The number of amides is 1. The van der Waals surface area contributed by atoms with E-state index < -0.39 is 5.91 Å². The normalized spacial score (nSPS) is 9.86. The highest BCUT2D eigenvalue weighted by Crippen LogP contribution is 2.15. The van der Waals surface area contributed by atoms with Crippen molar-refractivity contribution in [2.75, 3.05) is 6.61 Å². The molecule has 14 heavy (non-hydrogen) atoms. The van der Waals surface area contributed by atoms with Crippen molar-refractivity contribution < 1.29 is 13.9 Å². The fourth-order valence-electron chi connectivity index (χ4n) is 0.933. The average molecular weight is 197 g/mol. The Hall–Kier alpha value is -1.58. The molecule has 0 aromatic heterocycles. The number of ether oxygens (including phenoxy) is 1. The topological polar surface area (TPSA) is 52.3 Å². The predicted molar refractivity (Wildman–Crippen MR) is 50.4 cm³/mol. The third-order valence-corrected chi connectivity index (χ3v) is 1.76. The lowest BCUT2D eigenvalue weighted by atomic mass is 10.2. The van der Waals surface area contributed by atoms with Crippen molar-refractivity contribution in [2.24, 2.45) is 5.73 Å². The van der Waals surface area contributed by atoms with E-state index in [0.29, 0.717) is 11.3 Å². The van der Waals surface area contributed by atoms with Crippen LogP contribution in [0.15, 0.2) is 18.2 Å². The minimum Gasteiger partial charge on any atom is -0.493 e. The number of carbonyl (C=O) groups is 1. The Labute approximate surface area is 81.7 Å². The van der Waals surface area contributed by atoms with Gasteiger partial charge in [0.25, 0.3) is 0 Å². The van der Waals surface area contributed by atoms with Gasteiger partial charge in [-0.05, 0) is 18.6 Å². The van der Waals surface area contributed by atoms with Gasteiger partial charge in [-0.1, -0.05) is 6.07 Å². The number of hydrogen-bond donors (Lipinski definition) is 1. The second kappa shape index (κ2) is 4.60. The van der Waals surface area contributed by atoms with E-state index in [4.69, 9.17) is 10.5 Å². The highest BCUT2D eigenvalue weighted by Gasteiger charge is 2.00. The van der Waals surface area contributed by atoms with Gasteiger partial charge in [-0.2, -0.15) is 0 Å². The van der Waals surface area contributed by atoms with Crippen LogP contribution in [0.2, 0.25) is 0 Å². The van der Waals surface area contributed by atoms with Crippen molar-refractivity contribution in [1.82, 2.24) is 0 Å². The number of primary amides is 1. The summed E-state index contributed by atoms with van der Waals surface area (Å²) in [6.07, 6.45) is 0.134. The number of aryl methyl sites for hydroxylation is 1. The van der Waals surface area contributed by atoms with Gasteiger partial charge in [-0.3, -0.25) is 4.79 Å². The van der Waals surface area contributed by atoms with Gasteiger partial charge in [0.05, 0.1) is 13.0 Å². The summed E-state index contributed by atoms with van der Waals surface area (Å²) in [5.41, 5.74) is 5.48. The SMILES string of the molecule is Cc1ccc(OCCC(N)=O)cc1F. The quantitative estimate of drug-likeness (QED) is 0.792. The Morgan fingerprint density at radius 2 is 2.29 bits per heavy atom. The molecule has 76 valence electrons. The smallest absolute Gasteiger partial charge is 0.220 e. The van der Waals surface area contributed by atoms with E-state index in [9.17, 15) is 9.18 Å². The van der Waals surface area contributed by atoms with Crippen molar-refractivity contribution in [1.29, 1.82) is 0 Å². The van der Waals surface area contributed by atoms with Crippen LogP contribution < -0.4 is 10.5 Å². The van der Waals surface area contributed by atoms with Gasteiger partial charge in [0.2, 0.25) is 5.91 Å². The largest absolute Gasteiger partial charge is 0.493 e. The molecule has 3 nitrogen and oxygen atoms in total. The molecule has 0 aliphatic carbocycles. The summed E-state index contributed by atoms with van der Waals surface area (Å²) in [7, 11) is 0. The van der Waals surface area contributed by atoms with Crippen LogP contribution in [0.1, 0.15) is 12.0 Å². The number of rotatable bonds is 4. The first-order valence-electron chi connectivity index (χ1n) is 4.27. The Bertz CT molecular complexity index is 339. The molecule has 0 heterocycles. The summed E-state index contributed by atoms with van der Waals surface area (Å²) in [6, 6.07) is 4.56. The van der Waals surface area contributed by atoms with E-state index in [0.717, 1.165) is 0 Å². The lowest BCUT2D eigenvalue weighted by Gasteiger charge is -2.05. The molecule has 0 bridgehead atoms. The zero-order chi connectivity index (χ0) is 10.6. The van der Waals surface area contributed by atoms with Crippen LogP contribution in [0.3, 0.4) is 0 Å². The Kier molecular flexibility index (Phi) is 3.45. The first-order valence-corrected chi connectivity index (χ1v) is 4.27. The van der Waals surface area contributed by atoms with Crippen molar-refractivity contribution in [3.63, 3.8) is 0 Å². The number of benzene rings is 1. The molecular formula is C10H12FNO2. The molecule has 0 radical (unpaired) electrons. The first-order chi connectivity index (χ1) is 6.59. The summed E-state index contributed by atoms with van der Waals surface area (Å²) in [6.45, 7) is 1.85. The monoisotopic (exact) mass is 197 g/mol. The van der Waals surface area contributed by atoms with Gasteiger partial charge in [-0.15, -0.1) is 0 Å². The van der Waals surface area contributed by atoms with E-state index in [1.807, 2.05) is 0 Å². The molecule has 0 aliphatic rings. The average Bonchev–Trinajstić information content (AvgIpc) is 2.10. The van der Waals surface area contributed by atoms with Crippen molar-refractivity contribution in [3.8, 4) is 5.75 Å². The van der Waals surface area contributed by atoms with Gasteiger partial charge < -0.3 is 10.5 Å². The molecule has 1 aromatic carbocycles. The fourth-order valence-corrected chi connectivity index (χ4v) is 0.933. The van der Waals surface area contributed by atoms with Crippen LogP contribution >= 0.6 is 0 Å². The van der Waals surface area contributed by atoms with Gasteiger partial charge in [0, 0.05) is 6.07 Å². The molecule has 0 saturated heterocycles. The van der Waals surface area contributed by atoms with Crippen LogP contribution in [-0.2, 0) is 4.79 Å². The van der Waals surface area contributed by atoms with E-state index in [1.54, 1.807) is 19.1 Å². The van der Waals surface area contributed by atoms with Crippen molar-refractivity contribution in [2.45, 2.75) is 13.3 Å². The Balaban J connectivity index is 2.51. The van der Waals surface area contributed by atoms with Crippen molar-refractivity contribution in [3.05, 3.63) is 29.6 Å². The maximum Gasteiger partial charge on any atom is 0.220 e. The van der Waals surface area contributed by atoms with E-state index in [1.165, 1.54) is 6.07 Å². The molecule has 1 aromatic rings. The Morgan fingerprint density at radius 1 is 1.57 bits per heavy atom. The zero-order valence-corrected chi connectivity index (χ0v) is 7.92. The molecule has 0 aliphatic heterocycles. The lowest BCUT2D eigenvalue weighted by molar-refractivity contribution is -0.118. The van der Waals surface area contributed by atoms with Crippen LogP contribution in [-0.4, -0.2) is 12.5 Å². The van der Waals surface area contributed by atoms with Gasteiger partial charge in [0.1, 0.15) is 11.6 Å². The Morgan fingerprint density at radius 3 is 2.86 bits per heavy atom. The van der Waals surface area contributed by atoms with Crippen LogP contribution in [0, 0.1) is 12.7 Å². The summed E-state index contributed by atoms with van der Waals surface area (Å²) in [5.74, 6) is -0.339. The second-order valence-electron chi connectivity index (χ2n) is 2.98. The molecule has 0 saturated carbocycles. The minimum atomic E-state index is -0.433. The third-order valence-electron chi connectivity index (χ3n) is 1.76. The number of hydrogen-bond acceptors (Lipinski definition) is 2. The summed E-state index contributed by atoms with van der Waals surface area (Å²) in [4.78, 5) is 10.4. The predicted octanol–water partition coefficient (Wildman–Crippen LogP) is 1.39. The zero-order valence-electron chi connectivity index (χ0n) is 7.92. The molecule has 0 fully saturated rings.